The van der Waals surface area contributed by atoms with Crippen molar-refractivity contribution in [1.82, 2.24) is 9.21 Å². The number of nitrogens with zero attached hydrogens (tertiary/aromatic N) is 2. The highest BCUT2D eigenvalue weighted by molar-refractivity contribution is 7.89. The molecule has 0 radical (unpaired) electrons. The molecule has 146 valence electrons. The zero-order valence-electron chi connectivity index (χ0n) is 15.0. The van der Waals surface area contributed by atoms with Gasteiger partial charge < -0.3 is 10.1 Å². The van der Waals surface area contributed by atoms with Crippen molar-refractivity contribution in [2.24, 2.45) is 0 Å². The standard InChI is InChI=1S/C18H27N3O3S.ClH/c22-25(23,21-9-11-24-12-10-21)17-5-2-8-20(14-17)13-16-4-1-3-15-6-7-19-18(15)16;/h1,3-4,17,19H,2,5-14H2;1H. The Balaban J connectivity index is 0.00000196. The number of nitrogens with one attached hydrogen (secondary N) is 1. The lowest BCUT2D eigenvalue weighted by atomic mass is 10.1. The molecule has 1 unspecified atom stereocenters. The van der Waals surface area contributed by atoms with Crippen LogP contribution < -0.4 is 5.32 Å². The first-order chi connectivity index (χ1) is 12.1. The molecule has 0 bridgehead atoms. The number of para-hydroxylation sites is 1. The molecule has 3 heterocycles. The lowest BCUT2D eigenvalue weighted by Crippen LogP contribution is -2.50. The summed E-state index contributed by atoms with van der Waals surface area (Å²) in [5, 5.41) is 3.20. The molecule has 1 N–H and O–H groups in total. The van der Waals surface area contributed by atoms with Crippen molar-refractivity contribution >= 4 is 28.1 Å². The van der Waals surface area contributed by atoms with Gasteiger partial charge in [-0.05, 0) is 36.9 Å². The number of rotatable bonds is 4. The molecule has 8 heteroatoms. The molecule has 3 aliphatic rings. The molecule has 0 saturated carbocycles. The van der Waals surface area contributed by atoms with Crippen molar-refractivity contribution < 1.29 is 13.2 Å². The molecule has 2 fully saturated rings. The van der Waals surface area contributed by atoms with E-state index < -0.39 is 10.0 Å². The van der Waals surface area contributed by atoms with Crippen molar-refractivity contribution in [1.29, 1.82) is 0 Å². The van der Waals surface area contributed by atoms with Crippen LogP contribution in [0.25, 0.3) is 0 Å². The first kappa shape index (κ1) is 19.9. The Bertz CT molecular complexity index is 722. The summed E-state index contributed by atoms with van der Waals surface area (Å²) in [7, 11) is -3.23. The number of morpholine rings is 1. The second kappa shape index (κ2) is 8.44. The summed E-state index contributed by atoms with van der Waals surface area (Å²) in [6.07, 6.45) is 2.79. The lowest BCUT2D eigenvalue weighted by molar-refractivity contribution is 0.0719. The predicted molar refractivity (Wildman–Crippen MR) is 105 cm³/mol. The smallest absolute Gasteiger partial charge is 0.218 e. The van der Waals surface area contributed by atoms with Crippen molar-refractivity contribution in [3.63, 3.8) is 0 Å². The molecule has 0 aromatic heterocycles. The molecule has 0 amide bonds. The minimum atomic E-state index is -3.23. The highest BCUT2D eigenvalue weighted by Gasteiger charge is 2.36. The van der Waals surface area contributed by atoms with Gasteiger partial charge in [-0.2, -0.15) is 4.31 Å². The number of anilines is 1. The number of ether oxygens (including phenoxy) is 1. The number of hydrogen-bond acceptors (Lipinski definition) is 5. The fourth-order valence-corrected chi connectivity index (χ4v) is 6.14. The largest absolute Gasteiger partial charge is 0.384 e. The molecular formula is C18H28ClN3O3S. The SMILES string of the molecule is Cl.O=S(=O)(C1CCCN(Cc2cccc3c2NCC3)C1)N1CCOCC1. The molecule has 3 aliphatic heterocycles. The lowest BCUT2D eigenvalue weighted by Gasteiger charge is -2.36. The first-order valence-electron chi connectivity index (χ1n) is 9.28. The topological polar surface area (TPSA) is 61.9 Å². The molecule has 1 aromatic rings. The minimum absolute atomic E-state index is 0. The molecule has 0 spiro atoms. The normalized spacial score (nSPS) is 24.5. The van der Waals surface area contributed by atoms with Gasteiger partial charge in [0.05, 0.1) is 18.5 Å². The van der Waals surface area contributed by atoms with E-state index in [0.29, 0.717) is 32.8 Å². The Kier molecular flexibility index (Phi) is 6.45. The zero-order chi connectivity index (χ0) is 17.3. The van der Waals surface area contributed by atoms with Crippen LogP contribution >= 0.6 is 12.4 Å². The van der Waals surface area contributed by atoms with Gasteiger partial charge in [0.15, 0.2) is 0 Å². The van der Waals surface area contributed by atoms with Gasteiger partial charge in [0.1, 0.15) is 0 Å². The van der Waals surface area contributed by atoms with Gasteiger partial charge in [-0.15, -0.1) is 12.4 Å². The molecule has 6 nitrogen and oxygen atoms in total. The van der Waals surface area contributed by atoms with Gasteiger partial charge in [0.2, 0.25) is 10.0 Å². The Morgan fingerprint density at radius 2 is 2.00 bits per heavy atom. The van der Waals surface area contributed by atoms with E-state index >= 15 is 0 Å². The second-order valence-corrected chi connectivity index (χ2v) is 9.40. The number of benzene rings is 1. The summed E-state index contributed by atoms with van der Waals surface area (Å²) in [5.74, 6) is 0. The summed E-state index contributed by atoms with van der Waals surface area (Å²) in [5.41, 5.74) is 3.94. The van der Waals surface area contributed by atoms with E-state index in [9.17, 15) is 8.42 Å². The van der Waals surface area contributed by atoms with Crippen molar-refractivity contribution in [2.75, 3.05) is 51.3 Å². The summed E-state index contributed by atoms with van der Waals surface area (Å²) in [4.78, 5) is 2.31. The summed E-state index contributed by atoms with van der Waals surface area (Å²) in [6.45, 7) is 5.44. The van der Waals surface area contributed by atoms with Crippen molar-refractivity contribution in [2.45, 2.75) is 31.1 Å². The van der Waals surface area contributed by atoms with E-state index in [1.54, 1.807) is 4.31 Å². The van der Waals surface area contributed by atoms with Crippen LogP contribution in [0.4, 0.5) is 5.69 Å². The average Bonchev–Trinajstić information content (AvgIpc) is 3.13. The van der Waals surface area contributed by atoms with Gasteiger partial charge in [0, 0.05) is 38.4 Å². The Hall–Kier alpha value is -0.860. The highest BCUT2D eigenvalue weighted by Crippen LogP contribution is 2.29. The van der Waals surface area contributed by atoms with Crippen LogP contribution in [0.2, 0.25) is 0 Å². The monoisotopic (exact) mass is 401 g/mol. The van der Waals surface area contributed by atoms with E-state index in [4.69, 9.17) is 4.74 Å². The van der Waals surface area contributed by atoms with Crippen LogP contribution in [0.3, 0.4) is 0 Å². The van der Waals surface area contributed by atoms with Crippen LogP contribution in [-0.4, -0.2) is 68.8 Å². The fraction of sp³-hybridized carbons (Fsp3) is 0.667. The maximum Gasteiger partial charge on any atom is 0.218 e. The van der Waals surface area contributed by atoms with Crippen LogP contribution in [0.5, 0.6) is 0 Å². The molecule has 0 aliphatic carbocycles. The Morgan fingerprint density at radius 3 is 2.81 bits per heavy atom. The number of halogens is 1. The van der Waals surface area contributed by atoms with Gasteiger partial charge in [-0.3, -0.25) is 4.90 Å². The molecule has 26 heavy (non-hydrogen) atoms. The third-order valence-corrected chi connectivity index (χ3v) is 7.85. The number of likely N-dealkylation sites (tertiary alicyclic amines) is 1. The number of sulfonamides is 1. The Labute approximate surface area is 162 Å². The van der Waals surface area contributed by atoms with Gasteiger partial charge in [-0.25, -0.2) is 8.42 Å². The molecule has 2 saturated heterocycles. The molecule has 1 aromatic carbocycles. The predicted octanol–water partition coefficient (Wildman–Crippen LogP) is 1.70. The minimum Gasteiger partial charge on any atom is -0.384 e. The van der Waals surface area contributed by atoms with E-state index in [2.05, 4.69) is 28.4 Å². The van der Waals surface area contributed by atoms with E-state index in [-0.39, 0.29) is 17.7 Å². The second-order valence-electron chi connectivity index (χ2n) is 7.18. The van der Waals surface area contributed by atoms with Crippen molar-refractivity contribution in [3.05, 3.63) is 29.3 Å². The molecule has 1 atom stereocenters. The van der Waals surface area contributed by atoms with E-state index in [1.807, 2.05) is 0 Å². The number of piperidine rings is 1. The van der Waals surface area contributed by atoms with Gasteiger partial charge >= 0.3 is 0 Å². The number of fused-ring (bicyclic) bond motifs is 1. The quantitative estimate of drug-likeness (QED) is 0.832. The highest BCUT2D eigenvalue weighted by atomic mass is 35.5. The number of hydrogen-bond donors (Lipinski definition) is 1. The third-order valence-electron chi connectivity index (χ3n) is 5.54. The van der Waals surface area contributed by atoms with E-state index in [0.717, 1.165) is 38.9 Å². The zero-order valence-corrected chi connectivity index (χ0v) is 16.7. The van der Waals surface area contributed by atoms with E-state index in [1.165, 1.54) is 16.8 Å². The third kappa shape index (κ3) is 4.02. The first-order valence-corrected chi connectivity index (χ1v) is 10.8. The van der Waals surface area contributed by atoms with Crippen LogP contribution in [0.15, 0.2) is 18.2 Å². The van der Waals surface area contributed by atoms with Gasteiger partial charge in [0.25, 0.3) is 0 Å². The fourth-order valence-electron chi connectivity index (χ4n) is 4.20. The summed E-state index contributed by atoms with van der Waals surface area (Å²) < 4.78 is 32.8. The Morgan fingerprint density at radius 1 is 1.19 bits per heavy atom. The maximum absolute atomic E-state index is 13.0. The average molecular weight is 402 g/mol. The summed E-state index contributed by atoms with van der Waals surface area (Å²) >= 11 is 0. The van der Waals surface area contributed by atoms with Crippen LogP contribution in [-0.2, 0) is 27.7 Å². The van der Waals surface area contributed by atoms with Crippen molar-refractivity contribution in [3.8, 4) is 0 Å². The maximum atomic E-state index is 13.0. The summed E-state index contributed by atoms with van der Waals surface area (Å²) in [6, 6.07) is 6.46. The van der Waals surface area contributed by atoms with Crippen LogP contribution in [0.1, 0.15) is 24.0 Å². The van der Waals surface area contributed by atoms with Crippen LogP contribution in [0, 0.1) is 0 Å². The molecule has 4 rings (SSSR count). The molecular weight excluding hydrogens is 374 g/mol. The van der Waals surface area contributed by atoms with Gasteiger partial charge in [-0.1, -0.05) is 18.2 Å².